The number of hydrogen-bond donors (Lipinski definition) is 1. The number of hydrazone groups is 1. The van der Waals surface area contributed by atoms with Crippen molar-refractivity contribution < 1.29 is 13.9 Å². The van der Waals surface area contributed by atoms with E-state index in [2.05, 4.69) is 24.4 Å². The lowest BCUT2D eigenvalue weighted by atomic mass is 10.1. The lowest BCUT2D eigenvalue weighted by molar-refractivity contribution is 0.0927. The Morgan fingerprint density at radius 1 is 1.32 bits per heavy atom. The van der Waals surface area contributed by atoms with Crippen molar-refractivity contribution in [3.8, 4) is 5.75 Å². The molecule has 1 aromatic carbocycles. The van der Waals surface area contributed by atoms with E-state index < -0.39 is 0 Å². The van der Waals surface area contributed by atoms with E-state index >= 15 is 0 Å². The summed E-state index contributed by atoms with van der Waals surface area (Å²) in [5.41, 5.74) is 3.27. The smallest absolute Gasteiger partial charge is 0.307 e. The van der Waals surface area contributed by atoms with Crippen molar-refractivity contribution in [3.63, 3.8) is 0 Å². The van der Waals surface area contributed by atoms with E-state index in [1.807, 2.05) is 24.3 Å². The average Bonchev–Trinajstić information content (AvgIpc) is 3.03. The predicted octanol–water partition coefficient (Wildman–Crippen LogP) is 3.47. The fourth-order valence-corrected chi connectivity index (χ4v) is 1.69. The van der Waals surface area contributed by atoms with Crippen LogP contribution in [0.1, 0.15) is 36.4 Å². The summed E-state index contributed by atoms with van der Waals surface area (Å²) in [7, 11) is 0. The maximum atomic E-state index is 11.6. The lowest BCUT2D eigenvalue weighted by Gasteiger charge is -2.07. The number of amides is 1. The maximum absolute atomic E-state index is 11.6. The van der Waals surface area contributed by atoms with E-state index in [0.717, 1.165) is 17.7 Å². The molecular formula is C17H20N2O3. The highest BCUT2D eigenvalue weighted by Gasteiger charge is 2.05. The van der Waals surface area contributed by atoms with Crippen LogP contribution in [0.25, 0.3) is 0 Å². The number of furan rings is 1. The molecule has 0 aliphatic rings. The van der Waals surface area contributed by atoms with Gasteiger partial charge >= 0.3 is 5.91 Å². The van der Waals surface area contributed by atoms with Crippen molar-refractivity contribution in [1.29, 1.82) is 0 Å². The van der Waals surface area contributed by atoms with Crippen molar-refractivity contribution in [1.82, 2.24) is 5.43 Å². The summed E-state index contributed by atoms with van der Waals surface area (Å²) < 4.78 is 10.6. The van der Waals surface area contributed by atoms with Crippen LogP contribution in [0.3, 0.4) is 0 Å². The minimum absolute atomic E-state index is 0.228. The number of rotatable bonds is 7. The summed E-state index contributed by atoms with van der Waals surface area (Å²) in [6.45, 7) is 5.05. The largest absolute Gasteiger partial charge is 0.494 e. The molecule has 116 valence electrons. The van der Waals surface area contributed by atoms with Gasteiger partial charge in [0, 0.05) is 0 Å². The summed E-state index contributed by atoms with van der Waals surface area (Å²) in [4.78, 5) is 11.6. The van der Waals surface area contributed by atoms with E-state index in [9.17, 15) is 4.79 Å². The molecule has 0 spiro atoms. The van der Waals surface area contributed by atoms with Gasteiger partial charge < -0.3 is 9.15 Å². The molecule has 0 bridgehead atoms. The molecule has 0 aliphatic carbocycles. The number of ether oxygens (including phenoxy) is 1. The second-order valence-corrected chi connectivity index (χ2v) is 5.28. The molecule has 0 fully saturated rings. The molecule has 1 heterocycles. The Bertz CT molecular complexity index is 601. The van der Waals surface area contributed by atoms with Crippen LogP contribution in [0.4, 0.5) is 0 Å². The standard InChI is InChI=1S/C17H20N2O3/c1-13(2)9-11-21-15-7-5-14(6-8-15)12-18-19-17(20)16-4-3-10-22-16/h3-8,10,12-13H,9,11H2,1-2H3,(H,19,20)/b18-12-. The molecule has 0 atom stereocenters. The first-order valence-electron chi connectivity index (χ1n) is 7.25. The van der Waals surface area contributed by atoms with Gasteiger partial charge in [-0.15, -0.1) is 0 Å². The van der Waals surface area contributed by atoms with Gasteiger partial charge in [0.15, 0.2) is 5.76 Å². The van der Waals surface area contributed by atoms with Crippen LogP contribution in [0.2, 0.25) is 0 Å². The zero-order valence-corrected chi connectivity index (χ0v) is 12.8. The van der Waals surface area contributed by atoms with Gasteiger partial charge in [-0.05, 0) is 54.3 Å². The van der Waals surface area contributed by atoms with Crippen LogP contribution < -0.4 is 10.2 Å². The van der Waals surface area contributed by atoms with Crippen LogP contribution >= 0.6 is 0 Å². The Labute approximate surface area is 130 Å². The van der Waals surface area contributed by atoms with Gasteiger partial charge in [0.2, 0.25) is 0 Å². The zero-order valence-electron chi connectivity index (χ0n) is 12.8. The van der Waals surface area contributed by atoms with Gasteiger partial charge in [0.25, 0.3) is 0 Å². The molecule has 2 aromatic rings. The molecular weight excluding hydrogens is 280 g/mol. The van der Waals surface area contributed by atoms with Crippen molar-refractivity contribution in [3.05, 3.63) is 54.0 Å². The Morgan fingerprint density at radius 3 is 2.73 bits per heavy atom. The topological polar surface area (TPSA) is 63.8 Å². The molecule has 0 unspecified atom stereocenters. The molecule has 0 radical (unpaired) electrons. The predicted molar refractivity (Wildman–Crippen MR) is 85.2 cm³/mol. The fourth-order valence-electron chi connectivity index (χ4n) is 1.69. The number of carbonyl (C=O) groups is 1. The van der Waals surface area contributed by atoms with Crippen LogP contribution in [0, 0.1) is 5.92 Å². The fraction of sp³-hybridized carbons (Fsp3) is 0.294. The summed E-state index contributed by atoms with van der Waals surface area (Å²) in [5.74, 6) is 1.31. The normalized spacial score (nSPS) is 11.0. The highest BCUT2D eigenvalue weighted by atomic mass is 16.5. The van der Waals surface area contributed by atoms with E-state index in [1.54, 1.807) is 18.3 Å². The van der Waals surface area contributed by atoms with Crippen molar-refractivity contribution in [2.24, 2.45) is 11.0 Å². The van der Waals surface area contributed by atoms with E-state index in [0.29, 0.717) is 12.5 Å². The van der Waals surface area contributed by atoms with E-state index in [1.165, 1.54) is 6.26 Å². The average molecular weight is 300 g/mol. The number of hydrogen-bond acceptors (Lipinski definition) is 4. The molecule has 5 heteroatoms. The summed E-state index contributed by atoms with van der Waals surface area (Å²) in [6, 6.07) is 10.8. The Morgan fingerprint density at radius 2 is 2.09 bits per heavy atom. The Kier molecular flexibility index (Phi) is 5.77. The third kappa shape index (κ3) is 5.09. The SMILES string of the molecule is CC(C)CCOc1ccc(/C=N\NC(=O)c2ccco2)cc1. The Hall–Kier alpha value is -2.56. The zero-order chi connectivity index (χ0) is 15.8. The minimum atomic E-state index is -0.380. The van der Waals surface area contributed by atoms with Crippen LogP contribution in [-0.4, -0.2) is 18.7 Å². The van der Waals surface area contributed by atoms with Gasteiger partial charge in [0.1, 0.15) is 5.75 Å². The molecule has 1 N–H and O–H groups in total. The Balaban J connectivity index is 1.80. The number of nitrogens with one attached hydrogen (secondary N) is 1. The second-order valence-electron chi connectivity index (χ2n) is 5.28. The number of nitrogens with zero attached hydrogens (tertiary/aromatic N) is 1. The lowest BCUT2D eigenvalue weighted by Crippen LogP contribution is -2.16. The first-order chi connectivity index (χ1) is 10.6. The van der Waals surface area contributed by atoms with Crippen molar-refractivity contribution in [2.75, 3.05) is 6.61 Å². The molecule has 1 amide bonds. The summed E-state index contributed by atoms with van der Waals surface area (Å²) in [5, 5.41) is 3.89. The third-order valence-electron chi connectivity index (χ3n) is 2.97. The highest BCUT2D eigenvalue weighted by molar-refractivity contribution is 5.92. The molecule has 0 saturated carbocycles. The molecule has 5 nitrogen and oxygen atoms in total. The third-order valence-corrected chi connectivity index (χ3v) is 2.97. The van der Waals surface area contributed by atoms with Gasteiger partial charge in [-0.1, -0.05) is 13.8 Å². The van der Waals surface area contributed by atoms with Crippen LogP contribution in [0.15, 0.2) is 52.2 Å². The van der Waals surface area contributed by atoms with E-state index in [4.69, 9.17) is 9.15 Å². The highest BCUT2D eigenvalue weighted by Crippen LogP contribution is 2.12. The van der Waals surface area contributed by atoms with Crippen molar-refractivity contribution in [2.45, 2.75) is 20.3 Å². The van der Waals surface area contributed by atoms with Crippen molar-refractivity contribution >= 4 is 12.1 Å². The van der Waals surface area contributed by atoms with Gasteiger partial charge in [-0.25, -0.2) is 5.43 Å². The molecule has 1 aromatic heterocycles. The monoisotopic (exact) mass is 300 g/mol. The van der Waals surface area contributed by atoms with Gasteiger partial charge in [0.05, 0.1) is 19.1 Å². The first kappa shape index (κ1) is 15.8. The molecule has 22 heavy (non-hydrogen) atoms. The summed E-state index contributed by atoms with van der Waals surface area (Å²) in [6.07, 6.45) is 4.04. The van der Waals surface area contributed by atoms with Crippen LogP contribution in [0.5, 0.6) is 5.75 Å². The van der Waals surface area contributed by atoms with Crippen LogP contribution in [-0.2, 0) is 0 Å². The number of carbonyl (C=O) groups excluding carboxylic acids is 1. The molecule has 2 rings (SSSR count). The first-order valence-corrected chi connectivity index (χ1v) is 7.25. The summed E-state index contributed by atoms with van der Waals surface area (Å²) >= 11 is 0. The molecule has 0 saturated heterocycles. The quantitative estimate of drug-likeness (QED) is 0.629. The second kappa shape index (κ2) is 8.02. The molecule has 0 aliphatic heterocycles. The van der Waals surface area contributed by atoms with E-state index in [-0.39, 0.29) is 11.7 Å². The maximum Gasteiger partial charge on any atom is 0.307 e. The van der Waals surface area contributed by atoms with Gasteiger partial charge in [-0.2, -0.15) is 5.10 Å². The number of benzene rings is 1. The minimum Gasteiger partial charge on any atom is -0.494 e. The van der Waals surface area contributed by atoms with Gasteiger partial charge in [-0.3, -0.25) is 4.79 Å².